The molecule has 0 bridgehead atoms. The van der Waals surface area contributed by atoms with Gasteiger partial charge in [-0.25, -0.2) is 0 Å². The molecule has 0 spiro atoms. The number of rotatable bonds is 5. The third-order valence-electron chi connectivity index (χ3n) is 3.56. The highest BCUT2D eigenvalue weighted by Gasteiger charge is 2.09. The number of aromatic hydroxyl groups is 1. The first-order chi connectivity index (χ1) is 11.4. The number of nitrogens with one attached hydrogen (secondary N) is 1. The van der Waals surface area contributed by atoms with Gasteiger partial charge in [0.1, 0.15) is 5.75 Å². The van der Waals surface area contributed by atoms with Crippen molar-refractivity contribution in [3.05, 3.63) is 64.7 Å². The number of allylic oxidation sites excluding steroid dienone is 1. The van der Waals surface area contributed by atoms with Crippen LogP contribution in [0.15, 0.2) is 42.5 Å². The van der Waals surface area contributed by atoms with Gasteiger partial charge in [-0.05, 0) is 60.0 Å². The first-order valence-corrected chi connectivity index (χ1v) is 7.53. The minimum absolute atomic E-state index is 0.171. The van der Waals surface area contributed by atoms with Gasteiger partial charge in [-0.15, -0.1) is 0 Å². The summed E-state index contributed by atoms with van der Waals surface area (Å²) in [7, 11) is 0. The van der Waals surface area contributed by atoms with Crippen molar-refractivity contribution in [3.8, 4) is 5.75 Å². The fourth-order valence-electron chi connectivity index (χ4n) is 2.33. The summed E-state index contributed by atoms with van der Waals surface area (Å²) in [6, 6.07) is 10.1. The van der Waals surface area contributed by atoms with Crippen LogP contribution in [0.4, 0.5) is 5.69 Å². The van der Waals surface area contributed by atoms with E-state index in [1.54, 1.807) is 49.4 Å². The Morgan fingerprint density at radius 1 is 1.21 bits per heavy atom. The van der Waals surface area contributed by atoms with Gasteiger partial charge >= 0.3 is 0 Å². The zero-order valence-corrected chi connectivity index (χ0v) is 13.7. The predicted octanol–water partition coefficient (Wildman–Crippen LogP) is 3.01. The van der Waals surface area contributed by atoms with Crippen LogP contribution >= 0.6 is 0 Å². The third-order valence-corrected chi connectivity index (χ3v) is 3.56. The van der Waals surface area contributed by atoms with E-state index in [1.807, 2.05) is 0 Å². The quantitative estimate of drug-likeness (QED) is 0.582. The molecule has 0 saturated heterocycles. The van der Waals surface area contributed by atoms with Crippen molar-refractivity contribution in [3.63, 3.8) is 0 Å². The summed E-state index contributed by atoms with van der Waals surface area (Å²) in [5, 5.41) is 12.2. The van der Waals surface area contributed by atoms with Crippen molar-refractivity contribution in [2.45, 2.75) is 20.4 Å². The Labute approximate surface area is 140 Å². The third kappa shape index (κ3) is 4.30. The van der Waals surface area contributed by atoms with Gasteiger partial charge in [-0.3, -0.25) is 9.59 Å². The molecule has 0 heterocycles. The highest BCUT2D eigenvalue weighted by molar-refractivity contribution is 6.08. The van der Waals surface area contributed by atoms with Gasteiger partial charge in [-0.2, -0.15) is 0 Å². The lowest BCUT2D eigenvalue weighted by Crippen LogP contribution is -2.10. The lowest BCUT2D eigenvalue weighted by atomic mass is 10.0. The first kappa shape index (κ1) is 17.4. The molecule has 0 saturated carbocycles. The summed E-state index contributed by atoms with van der Waals surface area (Å²) in [5.74, 6) is -0.132. The lowest BCUT2D eigenvalue weighted by molar-refractivity contribution is -0.114. The average molecular weight is 324 g/mol. The molecule has 0 aliphatic heterocycles. The maximum atomic E-state index is 12.4. The number of phenols is 1. The summed E-state index contributed by atoms with van der Waals surface area (Å²) in [4.78, 5) is 23.5. The summed E-state index contributed by atoms with van der Waals surface area (Å²) in [6.45, 7) is 3.41. The number of phenolic OH excluding ortho intramolecular Hbond substituents is 1. The largest absolute Gasteiger partial charge is 0.508 e. The number of ketones is 1. The van der Waals surface area contributed by atoms with Crippen LogP contribution in [0.2, 0.25) is 0 Å². The molecule has 0 unspecified atom stereocenters. The lowest BCUT2D eigenvalue weighted by Gasteiger charge is -2.08. The number of aryl methyl sites for hydroxylation is 1. The van der Waals surface area contributed by atoms with Crippen LogP contribution in [-0.2, 0) is 11.3 Å². The standard InChI is InChI=1S/C19H20N2O3/c1-12-9-14(3-7-18(12)23)4-8-19(24)17-6-5-16(21-13(2)22)10-15(17)11-20/h3-10,23H,11,20H2,1-2H3,(H,21,22)/b8-4+. The Kier molecular flexibility index (Phi) is 5.50. The number of benzene rings is 2. The molecule has 4 N–H and O–H groups in total. The number of nitrogens with two attached hydrogens (primary N) is 1. The van der Waals surface area contributed by atoms with Crippen LogP contribution in [0.5, 0.6) is 5.75 Å². The number of amides is 1. The number of carbonyl (C=O) groups is 2. The summed E-state index contributed by atoms with van der Waals surface area (Å²) in [6.07, 6.45) is 3.16. The van der Waals surface area contributed by atoms with Gasteiger partial charge in [-0.1, -0.05) is 12.1 Å². The molecule has 0 atom stereocenters. The molecule has 124 valence electrons. The molecular weight excluding hydrogens is 304 g/mol. The van der Waals surface area contributed by atoms with E-state index in [0.717, 1.165) is 11.1 Å². The first-order valence-electron chi connectivity index (χ1n) is 7.53. The number of hydrogen-bond donors (Lipinski definition) is 3. The minimum Gasteiger partial charge on any atom is -0.508 e. The van der Waals surface area contributed by atoms with Crippen LogP contribution in [0.1, 0.15) is 34.0 Å². The van der Waals surface area contributed by atoms with Crippen molar-refractivity contribution in [2.75, 3.05) is 5.32 Å². The van der Waals surface area contributed by atoms with Crippen molar-refractivity contribution in [2.24, 2.45) is 5.73 Å². The van der Waals surface area contributed by atoms with E-state index >= 15 is 0 Å². The van der Waals surface area contributed by atoms with E-state index in [-0.39, 0.29) is 24.0 Å². The molecule has 0 aliphatic rings. The molecule has 2 rings (SSSR count). The van der Waals surface area contributed by atoms with Gasteiger partial charge in [0.2, 0.25) is 5.91 Å². The predicted molar refractivity (Wildman–Crippen MR) is 94.8 cm³/mol. The number of anilines is 1. The Hall–Kier alpha value is -2.92. The summed E-state index contributed by atoms with van der Waals surface area (Å²) in [5.41, 5.74) is 9.05. The zero-order valence-electron chi connectivity index (χ0n) is 13.7. The fourth-order valence-corrected chi connectivity index (χ4v) is 2.33. The van der Waals surface area contributed by atoms with Gasteiger partial charge in [0.15, 0.2) is 5.78 Å². The second-order valence-electron chi connectivity index (χ2n) is 5.50. The summed E-state index contributed by atoms with van der Waals surface area (Å²) >= 11 is 0. The molecule has 5 heteroatoms. The highest BCUT2D eigenvalue weighted by atomic mass is 16.3. The molecule has 0 radical (unpaired) electrons. The fraction of sp³-hybridized carbons (Fsp3) is 0.158. The Bertz CT molecular complexity index is 810. The van der Waals surface area contributed by atoms with Crippen molar-refractivity contribution in [1.29, 1.82) is 0 Å². The van der Waals surface area contributed by atoms with Crippen molar-refractivity contribution < 1.29 is 14.7 Å². The van der Waals surface area contributed by atoms with E-state index in [9.17, 15) is 14.7 Å². The van der Waals surface area contributed by atoms with E-state index in [2.05, 4.69) is 5.32 Å². The SMILES string of the molecule is CC(=O)Nc1ccc(C(=O)/C=C/c2ccc(O)c(C)c2)c(CN)c1. The smallest absolute Gasteiger partial charge is 0.221 e. The maximum absolute atomic E-state index is 12.4. The second kappa shape index (κ2) is 7.57. The Morgan fingerprint density at radius 2 is 1.96 bits per heavy atom. The monoisotopic (exact) mass is 324 g/mol. The van der Waals surface area contributed by atoms with Gasteiger partial charge in [0.05, 0.1) is 0 Å². The molecule has 2 aromatic rings. The van der Waals surface area contributed by atoms with Crippen LogP contribution in [0.25, 0.3) is 6.08 Å². The zero-order chi connectivity index (χ0) is 17.7. The van der Waals surface area contributed by atoms with Crippen molar-refractivity contribution in [1.82, 2.24) is 0 Å². The number of hydrogen-bond acceptors (Lipinski definition) is 4. The Balaban J connectivity index is 2.23. The van der Waals surface area contributed by atoms with Crippen LogP contribution in [0, 0.1) is 6.92 Å². The second-order valence-corrected chi connectivity index (χ2v) is 5.50. The normalized spacial score (nSPS) is 10.8. The maximum Gasteiger partial charge on any atom is 0.221 e. The Morgan fingerprint density at radius 3 is 2.58 bits per heavy atom. The van der Waals surface area contributed by atoms with E-state index in [1.165, 1.54) is 13.0 Å². The molecule has 5 nitrogen and oxygen atoms in total. The van der Waals surface area contributed by atoms with Gasteiger partial charge < -0.3 is 16.2 Å². The molecule has 0 aliphatic carbocycles. The molecule has 2 aromatic carbocycles. The van der Waals surface area contributed by atoms with E-state index in [0.29, 0.717) is 16.8 Å². The molecule has 1 amide bonds. The van der Waals surface area contributed by atoms with Crippen molar-refractivity contribution >= 4 is 23.5 Å². The van der Waals surface area contributed by atoms with Gasteiger partial charge in [0.25, 0.3) is 0 Å². The molecular formula is C19H20N2O3. The summed E-state index contributed by atoms with van der Waals surface area (Å²) < 4.78 is 0. The molecule has 24 heavy (non-hydrogen) atoms. The van der Waals surface area contributed by atoms with Gasteiger partial charge in [0, 0.05) is 24.7 Å². The van der Waals surface area contributed by atoms with E-state index < -0.39 is 0 Å². The van der Waals surface area contributed by atoms with Crippen LogP contribution in [0.3, 0.4) is 0 Å². The average Bonchev–Trinajstić information content (AvgIpc) is 2.55. The topological polar surface area (TPSA) is 92.4 Å². The molecule has 0 fully saturated rings. The minimum atomic E-state index is -0.181. The van der Waals surface area contributed by atoms with E-state index in [4.69, 9.17) is 5.73 Å². The molecule has 0 aromatic heterocycles. The number of carbonyl (C=O) groups excluding carboxylic acids is 2. The van der Waals surface area contributed by atoms with Crippen LogP contribution < -0.4 is 11.1 Å². The van der Waals surface area contributed by atoms with Crippen LogP contribution in [-0.4, -0.2) is 16.8 Å². The highest BCUT2D eigenvalue weighted by Crippen LogP contribution is 2.19.